The molecule has 164 valence electrons. The van der Waals surface area contributed by atoms with Gasteiger partial charge in [0.15, 0.2) is 0 Å². The molecule has 4 aromatic rings. The quantitative estimate of drug-likeness (QED) is 0.507. The fourth-order valence-electron chi connectivity index (χ4n) is 4.17. The highest BCUT2D eigenvalue weighted by Gasteiger charge is 2.12. The molecule has 2 aromatic carbocycles. The Bertz CT molecular complexity index is 1320. The second-order valence-electron chi connectivity index (χ2n) is 7.96. The van der Waals surface area contributed by atoms with Crippen molar-refractivity contribution >= 4 is 33.5 Å². The molecule has 1 aliphatic rings. The lowest BCUT2D eigenvalue weighted by Crippen LogP contribution is -2.38. The summed E-state index contributed by atoms with van der Waals surface area (Å²) in [6.07, 6.45) is 3.33. The molecule has 0 aliphatic carbocycles. The van der Waals surface area contributed by atoms with E-state index in [1.807, 2.05) is 36.4 Å². The molecule has 2 aromatic heterocycles. The second-order valence-corrected chi connectivity index (χ2v) is 7.96. The van der Waals surface area contributed by atoms with Gasteiger partial charge in [0.2, 0.25) is 5.91 Å². The Morgan fingerprint density at radius 3 is 2.75 bits per heavy atom. The van der Waals surface area contributed by atoms with Gasteiger partial charge in [-0.15, -0.1) is 0 Å². The molecule has 0 bridgehead atoms. The number of amides is 1. The number of carbonyl (C=O) groups is 1. The first-order valence-corrected chi connectivity index (χ1v) is 10.8. The van der Waals surface area contributed by atoms with Crippen LogP contribution in [0.15, 0.2) is 65.7 Å². The van der Waals surface area contributed by atoms with E-state index < -0.39 is 0 Å². The fourth-order valence-corrected chi connectivity index (χ4v) is 4.17. The van der Waals surface area contributed by atoms with Crippen molar-refractivity contribution in [3.05, 3.63) is 71.3 Å². The molecule has 0 saturated carbocycles. The summed E-state index contributed by atoms with van der Waals surface area (Å²) in [7, 11) is 0. The lowest BCUT2D eigenvalue weighted by atomic mass is 10.2. The maximum atomic E-state index is 12.7. The van der Waals surface area contributed by atoms with E-state index in [0.29, 0.717) is 16.7 Å². The van der Waals surface area contributed by atoms with Crippen molar-refractivity contribution in [1.29, 1.82) is 0 Å². The normalized spacial score (nSPS) is 14.8. The number of hydrogen-bond donors (Lipinski definition) is 1. The Balaban J connectivity index is 1.28. The molecule has 8 heteroatoms. The first-order valence-electron chi connectivity index (χ1n) is 10.8. The number of ether oxygens (including phenoxy) is 1. The first-order chi connectivity index (χ1) is 15.7. The van der Waals surface area contributed by atoms with Crippen LogP contribution in [-0.4, -0.2) is 57.8 Å². The predicted molar refractivity (Wildman–Crippen MR) is 124 cm³/mol. The highest BCUT2D eigenvalue weighted by molar-refractivity contribution is 5.94. The smallest absolute Gasteiger partial charge is 0.269 e. The molecule has 1 aliphatic heterocycles. The minimum Gasteiger partial charge on any atom is -0.379 e. The van der Waals surface area contributed by atoms with Gasteiger partial charge in [-0.3, -0.25) is 19.1 Å². The number of nitrogens with zero attached hydrogens (tertiary/aromatic N) is 4. The van der Waals surface area contributed by atoms with Crippen molar-refractivity contribution in [2.24, 2.45) is 0 Å². The summed E-state index contributed by atoms with van der Waals surface area (Å²) in [5.74, 6) is -0.255. The maximum absolute atomic E-state index is 12.7. The average Bonchev–Trinajstić information content (AvgIpc) is 3.22. The van der Waals surface area contributed by atoms with Crippen molar-refractivity contribution in [2.75, 3.05) is 38.2 Å². The van der Waals surface area contributed by atoms with E-state index in [9.17, 15) is 9.59 Å². The molecule has 0 spiro atoms. The van der Waals surface area contributed by atoms with Gasteiger partial charge in [0.25, 0.3) is 5.56 Å². The number of carbonyl (C=O) groups excluding carboxylic acids is 1. The lowest BCUT2D eigenvalue weighted by molar-refractivity contribution is -0.116. The average molecular weight is 431 g/mol. The van der Waals surface area contributed by atoms with Crippen molar-refractivity contribution in [2.45, 2.75) is 13.1 Å². The third-order valence-electron chi connectivity index (χ3n) is 5.87. The Labute approximate surface area is 185 Å². The summed E-state index contributed by atoms with van der Waals surface area (Å²) in [5, 5.41) is 3.98. The van der Waals surface area contributed by atoms with E-state index in [2.05, 4.69) is 32.0 Å². The lowest BCUT2D eigenvalue weighted by Gasteiger charge is -2.26. The summed E-state index contributed by atoms with van der Waals surface area (Å²) >= 11 is 0. The minimum atomic E-state index is -0.299. The highest BCUT2D eigenvalue weighted by Crippen LogP contribution is 2.21. The van der Waals surface area contributed by atoms with E-state index in [-0.39, 0.29) is 18.0 Å². The molecule has 1 amide bonds. The Hall–Kier alpha value is -3.49. The summed E-state index contributed by atoms with van der Waals surface area (Å²) in [4.78, 5) is 31.5. The zero-order valence-corrected chi connectivity index (χ0v) is 17.7. The number of anilines is 1. The number of morpholine rings is 1. The largest absolute Gasteiger partial charge is 0.379 e. The van der Waals surface area contributed by atoms with E-state index in [1.165, 1.54) is 10.8 Å². The van der Waals surface area contributed by atoms with Crippen LogP contribution in [0.1, 0.15) is 0 Å². The zero-order valence-electron chi connectivity index (χ0n) is 17.7. The van der Waals surface area contributed by atoms with Crippen LogP contribution >= 0.6 is 0 Å². The van der Waals surface area contributed by atoms with E-state index in [1.54, 1.807) is 6.07 Å². The van der Waals surface area contributed by atoms with Crippen molar-refractivity contribution < 1.29 is 9.53 Å². The third-order valence-corrected chi connectivity index (χ3v) is 5.87. The molecule has 0 radical (unpaired) electrons. The number of para-hydroxylation sites is 2. The van der Waals surface area contributed by atoms with Crippen LogP contribution in [0.5, 0.6) is 0 Å². The summed E-state index contributed by atoms with van der Waals surface area (Å²) < 4.78 is 9.09. The zero-order chi connectivity index (χ0) is 21.9. The summed E-state index contributed by atoms with van der Waals surface area (Å²) in [5.41, 5.74) is 2.86. The van der Waals surface area contributed by atoms with Crippen LogP contribution in [-0.2, 0) is 22.6 Å². The van der Waals surface area contributed by atoms with Gasteiger partial charge in [-0.05, 0) is 36.4 Å². The maximum Gasteiger partial charge on any atom is 0.269 e. The van der Waals surface area contributed by atoms with Crippen molar-refractivity contribution in [3.63, 3.8) is 0 Å². The Morgan fingerprint density at radius 1 is 1.03 bits per heavy atom. The number of aromatic nitrogens is 3. The van der Waals surface area contributed by atoms with Crippen LogP contribution < -0.4 is 10.9 Å². The van der Waals surface area contributed by atoms with Gasteiger partial charge in [0.1, 0.15) is 6.54 Å². The predicted octanol–water partition coefficient (Wildman–Crippen LogP) is 2.32. The molecule has 0 atom stereocenters. The molecule has 1 saturated heterocycles. The molecule has 32 heavy (non-hydrogen) atoms. The molecule has 0 unspecified atom stereocenters. The van der Waals surface area contributed by atoms with Gasteiger partial charge in [0, 0.05) is 49.0 Å². The van der Waals surface area contributed by atoms with E-state index >= 15 is 0 Å². The number of fused-ring (bicyclic) bond motifs is 2. The monoisotopic (exact) mass is 431 g/mol. The number of benzene rings is 2. The van der Waals surface area contributed by atoms with Gasteiger partial charge in [0.05, 0.1) is 30.4 Å². The third kappa shape index (κ3) is 4.28. The molecule has 1 fully saturated rings. The van der Waals surface area contributed by atoms with Gasteiger partial charge in [-0.25, -0.2) is 4.98 Å². The number of nitrogens with one attached hydrogen (secondary N) is 1. The fraction of sp³-hybridized carbons (Fsp3) is 0.292. The molecule has 1 N–H and O–H groups in total. The van der Waals surface area contributed by atoms with Crippen LogP contribution in [0.4, 0.5) is 5.69 Å². The minimum absolute atomic E-state index is 0.0690. The van der Waals surface area contributed by atoms with Crippen molar-refractivity contribution in [3.8, 4) is 0 Å². The second kappa shape index (κ2) is 8.94. The molecular formula is C24H25N5O3. The standard InChI is InChI=1S/C24H25N5O3/c30-23(17-29-22-4-2-1-3-20(22)25-16-24(29)31)26-19-5-6-21-18(15-19)7-8-28(21)10-9-27-11-13-32-14-12-27/h1-8,15-16H,9-14,17H2,(H,26,30). The van der Waals surface area contributed by atoms with Gasteiger partial charge in [-0.2, -0.15) is 0 Å². The SMILES string of the molecule is O=C(Cn1c(=O)cnc2ccccc21)Nc1ccc2c(ccn2CCN2CCOCC2)c1. The van der Waals surface area contributed by atoms with Crippen molar-refractivity contribution in [1.82, 2.24) is 19.0 Å². The molecule has 5 rings (SSSR count). The van der Waals surface area contributed by atoms with Crippen LogP contribution in [0.3, 0.4) is 0 Å². The van der Waals surface area contributed by atoms with Gasteiger partial charge >= 0.3 is 0 Å². The summed E-state index contributed by atoms with van der Waals surface area (Å²) in [6.45, 7) is 5.39. The van der Waals surface area contributed by atoms with Crippen LogP contribution in [0.2, 0.25) is 0 Å². The van der Waals surface area contributed by atoms with Gasteiger partial charge < -0.3 is 14.6 Å². The Morgan fingerprint density at radius 2 is 1.88 bits per heavy atom. The van der Waals surface area contributed by atoms with E-state index in [0.717, 1.165) is 50.3 Å². The number of rotatable bonds is 6. The molecule has 8 nitrogen and oxygen atoms in total. The molecule has 3 heterocycles. The topological polar surface area (TPSA) is 81.4 Å². The highest BCUT2D eigenvalue weighted by atomic mass is 16.5. The van der Waals surface area contributed by atoms with Crippen LogP contribution in [0.25, 0.3) is 21.9 Å². The first kappa shape index (κ1) is 20.4. The van der Waals surface area contributed by atoms with E-state index in [4.69, 9.17) is 4.74 Å². The van der Waals surface area contributed by atoms with Gasteiger partial charge in [-0.1, -0.05) is 12.1 Å². The number of hydrogen-bond acceptors (Lipinski definition) is 5. The van der Waals surface area contributed by atoms with Crippen LogP contribution in [0, 0.1) is 0 Å². The Kier molecular flexibility index (Phi) is 5.70. The summed E-state index contributed by atoms with van der Waals surface area (Å²) in [6, 6.07) is 15.2. The molecular weight excluding hydrogens is 406 g/mol.